The molecule has 0 aliphatic heterocycles. The molecule has 2 aromatic heterocycles. The number of hydrogen-bond acceptors (Lipinski definition) is 5. The van der Waals surface area contributed by atoms with Crippen molar-refractivity contribution >= 4 is 33.1 Å². The highest BCUT2D eigenvalue weighted by molar-refractivity contribution is 7.91. The summed E-state index contributed by atoms with van der Waals surface area (Å²) in [5, 5.41) is 7.63. The number of Topliss-reactive ketones (excluding diaryl/α,β-unsaturated/α-hetero) is 1. The standard InChI is InChI=1S/C12H13N3O4S2/c1-7(16)8-4-10(14-5-8)12(17)15-6-9-2-3-11(20-9)21(13,18)19/h2-5,14H,6H2,1H3,(H,15,17)(H2,13,18,19). The van der Waals surface area contributed by atoms with Crippen molar-refractivity contribution in [3.05, 3.63) is 40.5 Å². The SMILES string of the molecule is CC(=O)c1c[nH]c(C(=O)NCc2ccc(S(N)(=O)=O)s2)c1. The Labute approximate surface area is 125 Å². The van der Waals surface area contributed by atoms with Gasteiger partial charge in [-0.15, -0.1) is 11.3 Å². The molecule has 0 unspecified atom stereocenters. The van der Waals surface area contributed by atoms with Crippen LogP contribution in [0.4, 0.5) is 0 Å². The Balaban J connectivity index is 2.00. The fourth-order valence-corrected chi connectivity index (χ4v) is 3.32. The number of amides is 1. The first-order chi connectivity index (χ1) is 9.77. The first-order valence-electron chi connectivity index (χ1n) is 5.86. The van der Waals surface area contributed by atoms with Crippen LogP contribution in [-0.4, -0.2) is 25.1 Å². The lowest BCUT2D eigenvalue weighted by Crippen LogP contribution is -2.22. The van der Waals surface area contributed by atoms with Crippen LogP contribution in [0, 0.1) is 0 Å². The van der Waals surface area contributed by atoms with Crippen LogP contribution in [0.5, 0.6) is 0 Å². The maximum atomic E-state index is 11.9. The fourth-order valence-electron chi connectivity index (χ4n) is 1.60. The van der Waals surface area contributed by atoms with E-state index in [9.17, 15) is 18.0 Å². The Morgan fingerprint density at radius 2 is 2.10 bits per heavy atom. The lowest BCUT2D eigenvalue weighted by atomic mass is 10.2. The van der Waals surface area contributed by atoms with Crippen LogP contribution in [0.15, 0.2) is 28.6 Å². The number of carbonyl (C=O) groups is 2. The van der Waals surface area contributed by atoms with Gasteiger partial charge in [-0.3, -0.25) is 9.59 Å². The number of H-pyrrole nitrogens is 1. The van der Waals surface area contributed by atoms with Crippen LogP contribution in [0.3, 0.4) is 0 Å². The summed E-state index contributed by atoms with van der Waals surface area (Å²) in [4.78, 5) is 26.4. The highest BCUT2D eigenvalue weighted by Crippen LogP contribution is 2.20. The van der Waals surface area contributed by atoms with Crippen LogP contribution in [0.2, 0.25) is 0 Å². The summed E-state index contributed by atoms with van der Waals surface area (Å²) in [7, 11) is -3.72. The van der Waals surface area contributed by atoms with Gasteiger partial charge in [0.05, 0.1) is 6.54 Å². The summed E-state index contributed by atoms with van der Waals surface area (Å²) in [6.07, 6.45) is 1.46. The van der Waals surface area contributed by atoms with E-state index in [0.29, 0.717) is 10.4 Å². The predicted molar refractivity (Wildman–Crippen MR) is 77.7 cm³/mol. The summed E-state index contributed by atoms with van der Waals surface area (Å²) < 4.78 is 22.3. The second-order valence-corrected chi connectivity index (χ2v) is 7.26. The lowest BCUT2D eigenvalue weighted by Gasteiger charge is -2.01. The van der Waals surface area contributed by atoms with Crippen LogP contribution in [-0.2, 0) is 16.6 Å². The van der Waals surface area contributed by atoms with E-state index in [-0.39, 0.29) is 28.1 Å². The first-order valence-corrected chi connectivity index (χ1v) is 8.22. The van der Waals surface area contributed by atoms with Crippen molar-refractivity contribution in [1.29, 1.82) is 0 Å². The van der Waals surface area contributed by atoms with E-state index in [0.717, 1.165) is 11.3 Å². The molecule has 7 nitrogen and oxygen atoms in total. The minimum atomic E-state index is -3.72. The Morgan fingerprint density at radius 3 is 2.62 bits per heavy atom. The summed E-state index contributed by atoms with van der Waals surface area (Å²) in [6.45, 7) is 1.58. The number of sulfonamides is 1. The number of nitrogens with one attached hydrogen (secondary N) is 2. The van der Waals surface area contributed by atoms with E-state index >= 15 is 0 Å². The summed E-state index contributed by atoms with van der Waals surface area (Å²) in [6, 6.07) is 4.44. The average Bonchev–Trinajstić information content (AvgIpc) is 3.04. The van der Waals surface area contributed by atoms with Gasteiger partial charge in [0.2, 0.25) is 10.0 Å². The number of primary sulfonamides is 1. The van der Waals surface area contributed by atoms with Crippen molar-refractivity contribution in [2.45, 2.75) is 17.7 Å². The maximum absolute atomic E-state index is 11.9. The number of hydrogen-bond donors (Lipinski definition) is 3. The molecule has 0 aliphatic rings. The van der Waals surface area contributed by atoms with E-state index in [4.69, 9.17) is 5.14 Å². The molecule has 21 heavy (non-hydrogen) atoms. The van der Waals surface area contributed by atoms with Crippen molar-refractivity contribution in [1.82, 2.24) is 10.3 Å². The highest BCUT2D eigenvalue weighted by atomic mass is 32.2. The number of rotatable bonds is 5. The number of ketones is 1. The molecule has 0 aliphatic carbocycles. The van der Waals surface area contributed by atoms with Gasteiger partial charge in [-0.05, 0) is 25.1 Å². The largest absolute Gasteiger partial charge is 0.356 e. The minimum absolute atomic E-state index is 0.0467. The predicted octanol–water partition coefficient (Wildman–Crippen LogP) is 0.856. The molecule has 0 saturated heterocycles. The Hall–Kier alpha value is -1.97. The topological polar surface area (TPSA) is 122 Å². The number of carbonyl (C=O) groups excluding carboxylic acids is 2. The van der Waals surface area contributed by atoms with Crippen LogP contribution in [0.25, 0.3) is 0 Å². The molecule has 0 spiro atoms. The zero-order chi connectivity index (χ0) is 15.6. The Kier molecular flexibility index (Phi) is 4.26. The molecule has 0 radical (unpaired) electrons. The lowest BCUT2D eigenvalue weighted by molar-refractivity contribution is 0.0946. The van der Waals surface area contributed by atoms with E-state index < -0.39 is 10.0 Å². The molecule has 0 atom stereocenters. The third-order valence-electron chi connectivity index (χ3n) is 2.67. The molecule has 9 heteroatoms. The molecule has 0 bridgehead atoms. The van der Waals surface area contributed by atoms with Gasteiger partial charge in [0, 0.05) is 16.6 Å². The average molecular weight is 327 g/mol. The van der Waals surface area contributed by atoms with Gasteiger partial charge in [0.1, 0.15) is 9.90 Å². The highest BCUT2D eigenvalue weighted by Gasteiger charge is 2.13. The van der Waals surface area contributed by atoms with Crippen molar-refractivity contribution in [2.75, 3.05) is 0 Å². The van der Waals surface area contributed by atoms with Gasteiger partial charge in [-0.2, -0.15) is 0 Å². The molecule has 0 saturated carbocycles. The second kappa shape index (κ2) is 5.80. The number of nitrogens with two attached hydrogens (primary N) is 1. The fraction of sp³-hybridized carbons (Fsp3) is 0.167. The third-order valence-corrected chi connectivity index (χ3v) is 5.20. The normalized spacial score (nSPS) is 11.3. The van der Waals surface area contributed by atoms with E-state index in [2.05, 4.69) is 10.3 Å². The molecule has 0 fully saturated rings. The minimum Gasteiger partial charge on any atom is -0.356 e. The van der Waals surface area contributed by atoms with Gasteiger partial charge in [0.15, 0.2) is 5.78 Å². The van der Waals surface area contributed by atoms with E-state index in [1.165, 1.54) is 25.3 Å². The van der Waals surface area contributed by atoms with Crippen molar-refractivity contribution in [3.63, 3.8) is 0 Å². The zero-order valence-corrected chi connectivity index (χ0v) is 12.7. The van der Waals surface area contributed by atoms with Crippen LogP contribution in [0.1, 0.15) is 32.6 Å². The molecule has 2 heterocycles. The smallest absolute Gasteiger partial charge is 0.268 e. The summed E-state index contributed by atoms with van der Waals surface area (Å²) >= 11 is 0.995. The number of aromatic nitrogens is 1. The molecule has 2 rings (SSSR count). The molecular formula is C12H13N3O4S2. The Morgan fingerprint density at radius 1 is 1.38 bits per heavy atom. The molecular weight excluding hydrogens is 314 g/mol. The second-order valence-electron chi connectivity index (χ2n) is 4.31. The van der Waals surface area contributed by atoms with Gasteiger partial charge in [0.25, 0.3) is 5.91 Å². The quantitative estimate of drug-likeness (QED) is 0.705. The molecule has 4 N–H and O–H groups in total. The maximum Gasteiger partial charge on any atom is 0.268 e. The van der Waals surface area contributed by atoms with Gasteiger partial charge < -0.3 is 10.3 Å². The zero-order valence-electron chi connectivity index (χ0n) is 11.0. The van der Waals surface area contributed by atoms with E-state index in [1.807, 2.05) is 0 Å². The monoisotopic (exact) mass is 327 g/mol. The molecule has 112 valence electrons. The molecule has 1 amide bonds. The van der Waals surface area contributed by atoms with E-state index in [1.54, 1.807) is 6.07 Å². The van der Waals surface area contributed by atoms with Crippen molar-refractivity contribution in [3.8, 4) is 0 Å². The molecule has 0 aromatic carbocycles. The molecule has 2 aromatic rings. The first kappa shape index (κ1) is 15.4. The number of aromatic amines is 1. The van der Waals surface area contributed by atoms with Gasteiger partial charge >= 0.3 is 0 Å². The van der Waals surface area contributed by atoms with Gasteiger partial charge in [-0.1, -0.05) is 0 Å². The van der Waals surface area contributed by atoms with Crippen molar-refractivity contribution in [2.24, 2.45) is 5.14 Å². The van der Waals surface area contributed by atoms with Crippen molar-refractivity contribution < 1.29 is 18.0 Å². The third kappa shape index (κ3) is 3.78. The van der Waals surface area contributed by atoms with Crippen LogP contribution < -0.4 is 10.5 Å². The Bertz CT molecular complexity index is 789. The number of thiophene rings is 1. The van der Waals surface area contributed by atoms with Crippen LogP contribution >= 0.6 is 11.3 Å². The van der Waals surface area contributed by atoms with Gasteiger partial charge in [-0.25, -0.2) is 13.6 Å². The summed E-state index contributed by atoms with van der Waals surface area (Å²) in [5.41, 5.74) is 0.691. The summed E-state index contributed by atoms with van der Waals surface area (Å²) in [5.74, 6) is -0.519.